The van der Waals surface area contributed by atoms with Crippen LogP contribution in [-0.4, -0.2) is 19.8 Å². The number of phosphoric acid groups is 1. The number of nitrogen functional groups attached to an aromatic ring is 1. The summed E-state index contributed by atoms with van der Waals surface area (Å²) in [6.45, 7) is 2.46. The Morgan fingerprint density at radius 2 is 1.94 bits per heavy atom. The molecule has 0 spiro atoms. The zero-order chi connectivity index (χ0) is 23.4. The number of rotatable bonds is 9. The van der Waals surface area contributed by atoms with E-state index in [1.807, 2.05) is 10.9 Å². The van der Waals surface area contributed by atoms with Crippen LogP contribution in [0.15, 0.2) is 65.6 Å². The van der Waals surface area contributed by atoms with Gasteiger partial charge in [-0.2, -0.15) is 5.10 Å². The van der Waals surface area contributed by atoms with E-state index in [9.17, 15) is 9.46 Å². The zero-order valence-electron chi connectivity index (χ0n) is 18.0. The van der Waals surface area contributed by atoms with E-state index in [-0.39, 0.29) is 5.82 Å². The summed E-state index contributed by atoms with van der Waals surface area (Å²) in [5.74, 6) is 0.653. The van der Waals surface area contributed by atoms with Crippen LogP contribution >= 0.6 is 7.82 Å². The van der Waals surface area contributed by atoms with Gasteiger partial charge in [-0.25, -0.2) is 4.57 Å². The number of phosphoric ester groups is 1. The molecule has 10 nitrogen and oxygen atoms in total. The highest BCUT2D eigenvalue weighted by Gasteiger charge is 2.18. The van der Waals surface area contributed by atoms with Crippen LogP contribution in [0.1, 0.15) is 29.3 Å². The molecular formula is C22H24N5O5P. The maximum Gasteiger partial charge on any atom is 0.285 e. The Bertz CT molecular complexity index is 1280. The van der Waals surface area contributed by atoms with Crippen molar-refractivity contribution in [3.63, 3.8) is 0 Å². The topological polar surface area (TPSA) is 143 Å². The number of anilines is 1. The van der Waals surface area contributed by atoms with Crippen LogP contribution in [-0.2, 0) is 35.2 Å². The molecule has 0 aliphatic heterocycles. The van der Waals surface area contributed by atoms with Crippen LogP contribution in [0.2, 0.25) is 0 Å². The summed E-state index contributed by atoms with van der Waals surface area (Å²) in [4.78, 5) is 19.6. The van der Waals surface area contributed by atoms with E-state index in [0.29, 0.717) is 17.7 Å². The minimum absolute atomic E-state index is 0.212. The molecule has 0 saturated carbocycles. The van der Waals surface area contributed by atoms with Crippen molar-refractivity contribution in [1.29, 1.82) is 0 Å². The Morgan fingerprint density at radius 3 is 2.61 bits per heavy atom. The van der Waals surface area contributed by atoms with E-state index >= 15 is 0 Å². The largest absolute Gasteiger partial charge is 0.756 e. The summed E-state index contributed by atoms with van der Waals surface area (Å²) in [5.41, 5.74) is 10.8. The van der Waals surface area contributed by atoms with Gasteiger partial charge in [0.05, 0.1) is 18.1 Å². The quantitative estimate of drug-likeness (QED) is 0.280. The molecule has 4 rings (SSSR count). The van der Waals surface area contributed by atoms with Crippen LogP contribution in [0.5, 0.6) is 0 Å². The lowest BCUT2D eigenvalue weighted by Crippen LogP contribution is -2.38. The van der Waals surface area contributed by atoms with Gasteiger partial charge < -0.3 is 14.3 Å². The molecule has 0 saturated heterocycles. The molecule has 0 bridgehead atoms. The van der Waals surface area contributed by atoms with Crippen molar-refractivity contribution < 1.29 is 28.0 Å². The van der Waals surface area contributed by atoms with Crippen molar-refractivity contribution in [2.45, 2.75) is 33.0 Å². The number of nitrogens with zero attached hydrogens (tertiary/aromatic N) is 4. The van der Waals surface area contributed by atoms with Crippen LogP contribution in [0.3, 0.4) is 0 Å². The van der Waals surface area contributed by atoms with Crippen molar-refractivity contribution in [3.8, 4) is 11.3 Å². The van der Waals surface area contributed by atoms with Gasteiger partial charge in [0.15, 0.2) is 12.5 Å². The Labute approximate surface area is 190 Å². The second-order valence-corrected chi connectivity index (χ2v) is 8.76. The molecule has 1 atom stereocenters. The average molecular weight is 469 g/mol. The molecule has 0 radical (unpaired) electrons. The van der Waals surface area contributed by atoms with Gasteiger partial charge in [-0.1, -0.05) is 29.4 Å². The third-order valence-electron chi connectivity index (χ3n) is 5.13. The highest BCUT2D eigenvalue weighted by Crippen LogP contribution is 2.30. The molecule has 1 unspecified atom stereocenters. The Balaban J connectivity index is 1.43. The predicted molar refractivity (Wildman–Crippen MR) is 117 cm³/mol. The number of benzene rings is 1. The van der Waals surface area contributed by atoms with Gasteiger partial charge in [0.1, 0.15) is 5.56 Å². The second-order valence-electron chi connectivity index (χ2n) is 7.56. The Morgan fingerprint density at radius 1 is 1.21 bits per heavy atom. The minimum Gasteiger partial charge on any atom is -0.756 e. The summed E-state index contributed by atoms with van der Waals surface area (Å²) < 4.78 is 24.0. The molecule has 11 heteroatoms. The first-order chi connectivity index (χ1) is 15.8. The highest BCUT2D eigenvalue weighted by atomic mass is 31.2. The molecule has 172 valence electrons. The molecule has 0 amide bonds. The van der Waals surface area contributed by atoms with Gasteiger partial charge in [0.25, 0.3) is 13.6 Å². The Hall–Kier alpha value is -3.30. The van der Waals surface area contributed by atoms with Crippen LogP contribution < -0.4 is 15.2 Å². The van der Waals surface area contributed by atoms with E-state index in [1.165, 1.54) is 21.9 Å². The molecule has 0 aliphatic carbocycles. The summed E-state index contributed by atoms with van der Waals surface area (Å²) in [5, 5.41) is 8.44. The zero-order valence-corrected chi connectivity index (χ0v) is 18.9. The maximum atomic E-state index is 10.8. The standard InChI is InChI=1S/C22H24N5O5P/c1-2-27-14-18(13-24-27)10-16-5-7-17(8-6-16)11-19-12-21(32-25-19)20-4-3-9-26(22(20)23)15-31-33(28,29)30/h3-9,12-14,23H,2,10-11,15H2,1H3,(H2,28,29,30). The number of aryl methyl sites for hydroxylation is 1. The third kappa shape index (κ3) is 5.94. The minimum atomic E-state index is -4.86. The third-order valence-corrected chi connectivity index (χ3v) is 5.57. The van der Waals surface area contributed by atoms with E-state index in [2.05, 4.69) is 52.2 Å². The fraction of sp³-hybridized carbons (Fsp3) is 0.227. The number of pyridine rings is 1. The van der Waals surface area contributed by atoms with E-state index in [0.717, 1.165) is 24.2 Å². The van der Waals surface area contributed by atoms with Crippen LogP contribution in [0.25, 0.3) is 11.3 Å². The average Bonchev–Trinajstić information content (AvgIpc) is 3.43. The predicted octanol–water partition coefficient (Wildman–Crippen LogP) is 2.04. The molecule has 0 fully saturated rings. The van der Waals surface area contributed by atoms with Gasteiger partial charge >= 0.3 is 0 Å². The Kier molecular flexibility index (Phi) is 6.71. The van der Waals surface area contributed by atoms with Crippen molar-refractivity contribution >= 4 is 13.6 Å². The molecule has 33 heavy (non-hydrogen) atoms. The fourth-order valence-electron chi connectivity index (χ4n) is 3.43. The van der Waals surface area contributed by atoms with Crippen LogP contribution in [0, 0.1) is 0 Å². The summed E-state index contributed by atoms with van der Waals surface area (Å²) in [6.07, 6.45) is 6.88. The van der Waals surface area contributed by atoms with E-state index < -0.39 is 14.6 Å². The summed E-state index contributed by atoms with van der Waals surface area (Å²) >= 11 is 0. The lowest BCUT2D eigenvalue weighted by molar-refractivity contribution is -0.712. The number of nitrogens with two attached hydrogens (primary N) is 1. The first kappa shape index (κ1) is 22.9. The monoisotopic (exact) mass is 469 g/mol. The maximum absolute atomic E-state index is 10.8. The second kappa shape index (κ2) is 9.68. The van der Waals surface area contributed by atoms with Crippen molar-refractivity contribution in [1.82, 2.24) is 14.9 Å². The van der Waals surface area contributed by atoms with Crippen molar-refractivity contribution in [2.75, 3.05) is 5.73 Å². The molecule has 0 aliphatic rings. The van der Waals surface area contributed by atoms with Crippen LogP contribution in [0.4, 0.5) is 5.82 Å². The molecular weight excluding hydrogens is 445 g/mol. The van der Waals surface area contributed by atoms with Gasteiger partial charge in [-0.3, -0.25) is 19.5 Å². The normalized spacial score (nSPS) is 13.2. The van der Waals surface area contributed by atoms with Gasteiger partial charge in [-0.15, -0.1) is 0 Å². The molecule has 1 aromatic carbocycles. The molecule has 3 N–H and O–H groups in total. The molecule has 3 aromatic heterocycles. The van der Waals surface area contributed by atoms with Gasteiger partial charge in [0, 0.05) is 31.6 Å². The van der Waals surface area contributed by atoms with Crippen molar-refractivity contribution in [2.24, 2.45) is 0 Å². The summed E-state index contributed by atoms with van der Waals surface area (Å²) in [6, 6.07) is 13.5. The highest BCUT2D eigenvalue weighted by molar-refractivity contribution is 7.44. The number of aromatic nitrogens is 4. The van der Waals surface area contributed by atoms with E-state index in [1.54, 1.807) is 18.2 Å². The van der Waals surface area contributed by atoms with E-state index in [4.69, 9.17) is 15.2 Å². The SMILES string of the molecule is CCn1cc(Cc2ccc(Cc3cc(-c4ccc[n+](COP(=O)([O-])O)c4N)on3)cc2)cn1. The summed E-state index contributed by atoms with van der Waals surface area (Å²) in [7, 11) is -4.86. The molecule has 3 heterocycles. The number of hydrogen-bond donors (Lipinski definition) is 2. The van der Waals surface area contributed by atoms with Gasteiger partial charge in [0.2, 0.25) is 0 Å². The number of hydrogen-bond acceptors (Lipinski definition) is 7. The lowest BCUT2D eigenvalue weighted by Gasteiger charge is -2.14. The first-order valence-corrected chi connectivity index (χ1v) is 11.8. The fourth-order valence-corrected chi connectivity index (χ4v) is 3.70. The first-order valence-electron chi connectivity index (χ1n) is 10.3. The lowest BCUT2D eigenvalue weighted by atomic mass is 10.0. The smallest absolute Gasteiger partial charge is 0.285 e. The van der Waals surface area contributed by atoms with Gasteiger partial charge in [-0.05, 0) is 35.7 Å². The molecule has 4 aromatic rings. The van der Waals surface area contributed by atoms with Crippen molar-refractivity contribution in [3.05, 3.63) is 83.4 Å².